The van der Waals surface area contributed by atoms with Gasteiger partial charge in [0.05, 0.1) is 5.69 Å². The van der Waals surface area contributed by atoms with E-state index in [-0.39, 0.29) is 12.0 Å². The van der Waals surface area contributed by atoms with Crippen LogP contribution in [0.5, 0.6) is 0 Å². The van der Waals surface area contributed by atoms with Crippen LogP contribution in [-0.2, 0) is 11.3 Å². The monoisotopic (exact) mass is 512 g/mol. The number of para-hydroxylation sites is 1. The van der Waals surface area contributed by atoms with Gasteiger partial charge in [0.25, 0.3) is 5.91 Å². The van der Waals surface area contributed by atoms with E-state index in [1.165, 1.54) is 5.56 Å². The average molecular weight is 513 g/mol. The lowest BCUT2D eigenvalue weighted by Gasteiger charge is -2.35. The summed E-state index contributed by atoms with van der Waals surface area (Å²) in [5, 5.41) is 3.99. The van der Waals surface area contributed by atoms with E-state index in [2.05, 4.69) is 27.3 Å². The van der Waals surface area contributed by atoms with Gasteiger partial charge in [0.1, 0.15) is 16.9 Å². The molecular formula is C30H32N4O4. The summed E-state index contributed by atoms with van der Waals surface area (Å²) in [5.41, 5.74) is 3.50. The summed E-state index contributed by atoms with van der Waals surface area (Å²) in [6, 6.07) is 19.2. The number of carbonyl (C=O) groups is 2. The second-order valence-corrected chi connectivity index (χ2v) is 10.5. The number of benzene rings is 2. The van der Waals surface area contributed by atoms with E-state index >= 15 is 0 Å². The number of rotatable bonds is 5. The van der Waals surface area contributed by atoms with Gasteiger partial charge in [-0.15, -0.1) is 0 Å². The second kappa shape index (κ2) is 10.7. The van der Waals surface area contributed by atoms with Gasteiger partial charge in [-0.1, -0.05) is 18.2 Å². The molecule has 3 heterocycles. The molecule has 0 saturated carbocycles. The van der Waals surface area contributed by atoms with E-state index in [1.54, 1.807) is 29.4 Å². The van der Waals surface area contributed by atoms with Crippen LogP contribution in [0.2, 0.25) is 0 Å². The highest BCUT2D eigenvalue weighted by Gasteiger charge is 2.26. The lowest BCUT2D eigenvalue weighted by atomic mass is 10.1. The summed E-state index contributed by atoms with van der Waals surface area (Å²) in [5.74, 6) is 0.485. The Hall–Kier alpha value is -4.17. The van der Waals surface area contributed by atoms with Gasteiger partial charge in [0.15, 0.2) is 0 Å². The molecule has 1 N–H and O–H groups in total. The molecule has 0 bridgehead atoms. The number of carbonyl (C=O) groups excluding carboxylic acids is 2. The highest BCUT2D eigenvalue weighted by molar-refractivity contribution is 6.06. The molecule has 8 heteroatoms. The summed E-state index contributed by atoms with van der Waals surface area (Å²) in [6.07, 6.45) is 2.94. The van der Waals surface area contributed by atoms with Crippen molar-refractivity contribution in [2.45, 2.75) is 32.9 Å². The highest BCUT2D eigenvalue weighted by atomic mass is 16.6. The lowest BCUT2D eigenvalue weighted by molar-refractivity contribution is 0.0139. The summed E-state index contributed by atoms with van der Waals surface area (Å²) in [4.78, 5) is 33.2. The maximum absolute atomic E-state index is 12.7. The quantitative estimate of drug-likeness (QED) is 0.364. The fourth-order valence-electron chi connectivity index (χ4n) is 4.50. The molecule has 0 aliphatic carbocycles. The summed E-state index contributed by atoms with van der Waals surface area (Å²) in [6.45, 7) is 9.32. The van der Waals surface area contributed by atoms with Crippen LogP contribution in [0.1, 0.15) is 36.7 Å². The molecule has 0 spiro atoms. The molecule has 2 amide bonds. The van der Waals surface area contributed by atoms with Crippen molar-refractivity contribution in [3.05, 3.63) is 84.2 Å². The smallest absolute Gasteiger partial charge is 0.410 e. The molecule has 1 saturated heterocycles. The molecule has 2 aromatic carbocycles. The highest BCUT2D eigenvalue weighted by Crippen LogP contribution is 2.33. The number of hydrogen-bond acceptors (Lipinski definition) is 6. The molecule has 1 aliphatic heterocycles. The molecule has 4 aromatic rings. The number of nitrogens with one attached hydrogen (secondary N) is 1. The van der Waals surface area contributed by atoms with Gasteiger partial charge in [0.2, 0.25) is 0 Å². The van der Waals surface area contributed by atoms with Gasteiger partial charge in [-0.2, -0.15) is 0 Å². The minimum atomic E-state index is -0.487. The first-order chi connectivity index (χ1) is 18.2. The van der Waals surface area contributed by atoms with E-state index in [9.17, 15) is 9.59 Å². The van der Waals surface area contributed by atoms with Crippen LogP contribution < -0.4 is 5.32 Å². The van der Waals surface area contributed by atoms with Gasteiger partial charge in [-0.25, -0.2) is 4.79 Å². The number of nitrogens with zero attached hydrogens (tertiary/aromatic N) is 3. The Morgan fingerprint density at radius 2 is 1.71 bits per heavy atom. The van der Waals surface area contributed by atoms with Gasteiger partial charge in [-0.05, 0) is 68.8 Å². The summed E-state index contributed by atoms with van der Waals surface area (Å²) in [7, 11) is 0. The number of anilines is 1. The number of hydrogen-bond donors (Lipinski definition) is 1. The number of ether oxygens (including phenoxy) is 1. The van der Waals surface area contributed by atoms with Crippen molar-refractivity contribution < 1.29 is 18.7 Å². The predicted molar refractivity (Wildman–Crippen MR) is 147 cm³/mol. The van der Waals surface area contributed by atoms with Crippen molar-refractivity contribution in [2.75, 3.05) is 31.5 Å². The summed E-state index contributed by atoms with van der Waals surface area (Å²) >= 11 is 0. The molecule has 8 nitrogen and oxygen atoms in total. The maximum atomic E-state index is 12.7. The number of piperazine rings is 1. The van der Waals surface area contributed by atoms with Crippen molar-refractivity contribution in [3.63, 3.8) is 0 Å². The van der Waals surface area contributed by atoms with Gasteiger partial charge < -0.3 is 19.4 Å². The van der Waals surface area contributed by atoms with Crippen LogP contribution in [0, 0.1) is 0 Å². The van der Waals surface area contributed by atoms with E-state index in [0.29, 0.717) is 30.1 Å². The van der Waals surface area contributed by atoms with E-state index in [0.717, 1.165) is 36.2 Å². The van der Waals surface area contributed by atoms with Gasteiger partial charge >= 0.3 is 6.09 Å². The zero-order chi connectivity index (χ0) is 26.7. The third-order valence-electron chi connectivity index (χ3n) is 6.39. The largest absolute Gasteiger partial charge is 0.456 e. The number of aromatic nitrogens is 1. The van der Waals surface area contributed by atoms with Crippen LogP contribution >= 0.6 is 0 Å². The normalized spacial score (nSPS) is 14.4. The van der Waals surface area contributed by atoms with Gasteiger partial charge in [0, 0.05) is 61.6 Å². The Morgan fingerprint density at radius 1 is 0.974 bits per heavy atom. The van der Waals surface area contributed by atoms with E-state index in [1.807, 2.05) is 57.2 Å². The van der Waals surface area contributed by atoms with Crippen molar-refractivity contribution in [3.8, 4) is 11.3 Å². The van der Waals surface area contributed by atoms with Crippen molar-refractivity contribution in [2.24, 2.45) is 0 Å². The second-order valence-electron chi connectivity index (χ2n) is 10.5. The fraction of sp³-hybridized carbons (Fsp3) is 0.300. The minimum Gasteiger partial charge on any atom is -0.456 e. The first kappa shape index (κ1) is 25.5. The van der Waals surface area contributed by atoms with E-state index in [4.69, 9.17) is 9.15 Å². The van der Waals surface area contributed by atoms with Crippen LogP contribution in [0.15, 0.2) is 77.5 Å². The lowest BCUT2D eigenvalue weighted by Crippen LogP contribution is -2.49. The maximum Gasteiger partial charge on any atom is 0.410 e. The molecule has 196 valence electrons. The van der Waals surface area contributed by atoms with E-state index < -0.39 is 5.60 Å². The van der Waals surface area contributed by atoms with Crippen molar-refractivity contribution in [1.82, 2.24) is 14.8 Å². The SMILES string of the molecule is CC(C)(C)OC(=O)N1CCN(Cc2ccc3oc(-c4ccccc4NC(=O)c4ccncc4)cc3c2)CC1. The topological polar surface area (TPSA) is 87.9 Å². The number of fused-ring (bicyclic) bond motifs is 1. The molecule has 38 heavy (non-hydrogen) atoms. The minimum absolute atomic E-state index is 0.204. The van der Waals surface area contributed by atoms with Crippen LogP contribution in [0.3, 0.4) is 0 Å². The first-order valence-electron chi connectivity index (χ1n) is 12.8. The molecule has 0 unspecified atom stereocenters. The predicted octanol–water partition coefficient (Wildman–Crippen LogP) is 5.80. The summed E-state index contributed by atoms with van der Waals surface area (Å²) < 4.78 is 11.7. The Labute approximate surface area is 222 Å². The van der Waals surface area contributed by atoms with Crippen molar-refractivity contribution in [1.29, 1.82) is 0 Å². The average Bonchev–Trinajstić information content (AvgIpc) is 3.32. The standard InChI is InChI=1S/C30H32N4O4/c1-30(2,3)38-29(36)34-16-14-33(15-17-34)20-21-8-9-26-23(18-21)19-27(37-26)24-6-4-5-7-25(24)32-28(35)22-10-12-31-13-11-22/h4-13,18-19H,14-17,20H2,1-3H3,(H,32,35). The third kappa shape index (κ3) is 6.03. The van der Waals surface area contributed by atoms with Crippen LogP contribution in [0.4, 0.5) is 10.5 Å². The third-order valence-corrected chi connectivity index (χ3v) is 6.39. The molecule has 1 aliphatic rings. The number of furan rings is 1. The molecule has 0 atom stereocenters. The Balaban J connectivity index is 1.27. The Morgan fingerprint density at radius 3 is 2.45 bits per heavy atom. The fourth-order valence-corrected chi connectivity index (χ4v) is 4.50. The first-order valence-corrected chi connectivity index (χ1v) is 12.8. The molecule has 5 rings (SSSR count). The molecule has 0 radical (unpaired) electrons. The Bertz CT molecular complexity index is 1430. The van der Waals surface area contributed by atoms with Crippen LogP contribution in [-0.4, -0.2) is 58.6 Å². The zero-order valence-electron chi connectivity index (χ0n) is 21.9. The zero-order valence-corrected chi connectivity index (χ0v) is 21.9. The molecular weight excluding hydrogens is 480 g/mol. The van der Waals surface area contributed by atoms with Gasteiger partial charge in [-0.3, -0.25) is 14.7 Å². The molecule has 1 fully saturated rings. The molecule has 2 aromatic heterocycles. The number of amides is 2. The van der Waals surface area contributed by atoms with Crippen molar-refractivity contribution >= 4 is 28.7 Å². The van der Waals surface area contributed by atoms with Crippen LogP contribution in [0.25, 0.3) is 22.3 Å². The Kier molecular flexibility index (Phi) is 7.15. The number of pyridine rings is 1.